The Morgan fingerprint density at radius 3 is 3.04 bits per heavy atom. The summed E-state index contributed by atoms with van der Waals surface area (Å²) in [5.74, 6) is 1.20. The Labute approximate surface area is 140 Å². The van der Waals surface area contributed by atoms with Gasteiger partial charge >= 0.3 is 0 Å². The Kier molecular flexibility index (Phi) is 3.73. The summed E-state index contributed by atoms with van der Waals surface area (Å²) in [7, 11) is 0. The number of benzene rings is 2. The molecule has 2 heterocycles. The van der Waals surface area contributed by atoms with Crippen molar-refractivity contribution in [2.75, 3.05) is 13.2 Å². The molecule has 3 aromatic rings. The number of hydrogen-bond acceptors (Lipinski definition) is 2. The minimum atomic E-state index is -0.0669. The normalized spacial score (nSPS) is 16.5. The van der Waals surface area contributed by atoms with Gasteiger partial charge in [-0.15, -0.1) is 0 Å². The molecule has 1 atom stereocenters. The summed E-state index contributed by atoms with van der Waals surface area (Å²) < 4.78 is 5.78. The Hall–Kier alpha value is -2.75. The predicted molar refractivity (Wildman–Crippen MR) is 94.5 cm³/mol. The van der Waals surface area contributed by atoms with Gasteiger partial charge in [0.15, 0.2) is 0 Å². The molecule has 1 aromatic heterocycles. The van der Waals surface area contributed by atoms with Gasteiger partial charge in [-0.25, -0.2) is 0 Å². The fraction of sp³-hybridized carbons (Fsp3) is 0.250. The number of rotatable bonds is 3. The molecule has 0 aliphatic carbocycles. The lowest BCUT2D eigenvalue weighted by molar-refractivity contribution is 0.0935. The molecule has 4 nitrogen and oxygen atoms in total. The molecule has 24 heavy (non-hydrogen) atoms. The van der Waals surface area contributed by atoms with Gasteiger partial charge in [-0.1, -0.05) is 30.3 Å². The maximum atomic E-state index is 12.4. The summed E-state index contributed by atoms with van der Waals surface area (Å²) in [6.07, 6.45) is 0.933. The molecule has 0 saturated heterocycles. The van der Waals surface area contributed by atoms with Crippen molar-refractivity contribution < 1.29 is 9.53 Å². The van der Waals surface area contributed by atoms with Gasteiger partial charge in [-0.05, 0) is 42.7 Å². The number of hydrogen-bond donors (Lipinski definition) is 2. The fourth-order valence-electron chi connectivity index (χ4n) is 3.22. The van der Waals surface area contributed by atoms with E-state index in [0.29, 0.717) is 24.8 Å². The number of fused-ring (bicyclic) bond motifs is 2. The second-order valence-corrected chi connectivity index (χ2v) is 6.47. The Morgan fingerprint density at radius 2 is 2.12 bits per heavy atom. The van der Waals surface area contributed by atoms with Crippen LogP contribution in [0.15, 0.2) is 48.5 Å². The molecule has 1 aliphatic rings. The third kappa shape index (κ3) is 2.87. The molecule has 1 aliphatic heterocycles. The number of H-pyrrole nitrogens is 1. The highest BCUT2D eigenvalue weighted by molar-refractivity contribution is 5.98. The van der Waals surface area contributed by atoms with E-state index in [4.69, 9.17) is 4.74 Å². The second-order valence-electron chi connectivity index (χ2n) is 6.47. The molecule has 0 radical (unpaired) electrons. The lowest BCUT2D eigenvalue weighted by atomic mass is 9.97. The Morgan fingerprint density at radius 1 is 1.25 bits per heavy atom. The molecule has 0 bridgehead atoms. The van der Waals surface area contributed by atoms with E-state index >= 15 is 0 Å². The lowest BCUT2D eigenvalue weighted by Crippen LogP contribution is -2.34. The molecule has 0 fully saturated rings. The molecule has 1 unspecified atom stereocenters. The number of carbonyl (C=O) groups excluding carboxylic acids is 1. The molecule has 2 N–H and O–H groups in total. The quantitative estimate of drug-likeness (QED) is 0.776. The van der Waals surface area contributed by atoms with E-state index in [0.717, 1.165) is 23.1 Å². The van der Waals surface area contributed by atoms with Crippen LogP contribution < -0.4 is 10.1 Å². The number of carbonyl (C=O) groups is 1. The average Bonchev–Trinajstić information content (AvgIpc) is 3.02. The lowest BCUT2D eigenvalue weighted by Gasteiger charge is -2.25. The van der Waals surface area contributed by atoms with Crippen LogP contribution in [0.3, 0.4) is 0 Å². The number of aryl methyl sites for hydroxylation is 1. The maximum absolute atomic E-state index is 12.4. The van der Waals surface area contributed by atoms with Crippen LogP contribution >= 0.6 is 0 Å². The third-order valence-corrected chi connectivity index (χ3v) is 4.53. The molecule has 4 rings (SSSR count). The van der Waals surface area contributed by atoms with Gasteiger partial charge < -0.3 is 15.0 Å². The molecular weight excluding hydrogens is 300 g/mol. The average molecular weight is 320 g/mol. The standard InChI is InChI=1S/C20H20N2O2/c1-13-6-7-15-10-18(22-17(15)8-13)20(23)21-11-14-9-16-4-2-3-5-19(16)24-12-14/h2-8,10,14,22H,9,11-12H2,1H3,(H,21,23). The summed E-state index contributed by atoms with van der Waals surface area (Å²) in [4.78, 5) is 15.6. The molecule has 0 saturated carbocycles. The van der Waals surface area contributed by atoms with Gasteiger partial charge in [0.25, 0.3) is 5.91 Å². The zero-order valence-electron chi connectivity index (χ0n) is 13.6. The number of para-hydroxylation sites is 1. The first-order valence-corrected chi connectivity index (χ1v) is 8.27. The second kappa shape index (κ2) is 6.04. The minimum Gasteiger partial charge on any atom is -0.493 e. The van der Waals surface area contributed by atoms with Crippen LogP contribution in [0.4, 0.5) is 0 Å². The van der Waals surface area contributed by atoms with Crippen molar-refractivity contribution in [3.63, 3.8) is 0 Å². The van der Waals surface area contributed by atoms with E-state index < -0.39 is 0 Å². The summed E-state index contributed by atoms with van der Waals surface area (Å²) in [5, 5.41) is 4.08. The number of amides is 1. The molecular formula is C20H20N2O2. The van der Waals surface area contributed by atoms with Gasteiger partial charge in [0.1, 0.15) is 11.4 Å². The maximum Gasteiger partial charge on any atom is 0.267 e. The van der Waals surface area contributed by atoms with E-state index in [1.807, 2.05) is 37.3 Å². The number of nitrogens with one attached hydrogen (secondary N) is 2. The molecule has 4 heteroatoms. The summed E-state index contributed by atoms with van der Waals surface area (Å²) >= 11 is 0. The van der Waals surface area contributed by atoms with Gasteiger partial charge in [0.05, 0.1) is 6.61 Å². The summed E-state index contributed by atoms with van der Waals surface area (Å²) in [6, 6.07) is 16.1. The van der Waals surface area contributed by atoms with Crippen LogP contribution in [-0.4, -0.2) is 24.0 Å². The van der Waals surface area contributed by atoms with E-state index in [1.54, 1.807) is 0 Å². The van der Waals surface area contributed by atoms with Crippen LogP contribution in [0.1, 0.15) is 21.6 Å². The Balaban J connectivity index is 1.41. The molecule has 2 aromatic carbocycles. The van der Waals surface area contributed by atoms with E-state index in [9.17, 15) is 4.79 Å². The summed E-state index contributed by atoms with van der Waals surface area (Å²) in [5.41, 5.74) is 3.99. The third-order valence-electron chi connectivity index (χ3n) is 4.53. The minimum absolute atomic E-state index is 0.0669. The topological polar surface area (TPSA) is 54.1 Å². The van der Waals surface area contributed by atoms with Crippen molar-refractivity contribution in [1.29, 1.82) is 0 Å². The highest BCUT2D eigenvalue weighted by Gasteiger charge is 2.20. The van der Waals surface area contributed by atoms with Gasteiger partial charge in [-0.3, -0.25) is 4.79 Å². The Bertz CT molecular complexity index is 898. The van der Waals surface area contributed by atoms with Gasteiger partial charge in [0, 0.05) is 23.4 Å². The number of aromatic nitrogens is 1. The number of ether oxygens (including phenoxy) is 1. The van der Waals surface area contributed by atoms with Crippen molar-refractivity contribution in [3.8, 4) is 5.75 Å². The van der Waals surface area contributed by atoms with E-state index in [2.05, 4.69) is 28.5 Å². The monoisotopic (exact) mass is 320 g/mol. The van der Waals surface area contributed by atoms with Crippen LogP contribution in [-0.2, 0) is 6.42 Å². The van der Waals surface area contributed by atoms with Crippen molar-refractivity contribution in [1.82, 2.24) is 10.3 Å². The highest BCUT2D eigenvalue weighted by atomic mass is 16.5. The van der Waals surface area contributed by atoms with Crippen LogP contribution in [0.25, 0.3) is 10.9 Å². The van der Waals surface area contributed by atoms with E-state index in [1.165, 1.54) is 11.1 Å². The first-order valence-electron chi connectivity index (χ1n) is 8.27. The predicted octanol–water partition coefficient (Wildman–Crippen LogP) is 3.46. The zero-order valence-corrected chi connectivity index (χ0v) is 13.6. The van der Waals surface area contributed by atoms with Crippen LogP contribution in [0, 0.1) is 12.8 Å². The van der Waals surface area contributed by atoms with Crippen molar-refractivity contribution in [2.45, 2.75) is 13.3 Å². The van der Waals surface area contributed by atoms with Gasteiger partial charge in [0.2, 0.25) is 0 Å². The first kappa shape index (κ1) is 14.8. The smallest absolute Gasteiger partial charge is 0.267 e. The molecule has 0 spiro atoms. The largest absolute Gasteiger partial charge is 0.493 e. The molecule has 1 amide bonds. The zero-order chi connectivity index (χ0) is 16.5. The first-order chi connectivity index (χ1) is 11.7. The van der Waals surface area contributed by atoms with Crippen molar-refractivity contribution in [2.24, 2.45) is 5.92 Å². The SMILES string of the molecule is Cc1ccc2cc(C(=O)NCC3COc4ccccc4C3)[nH]c2c1. The van der Waals surface area contributed by atoms with Gasteiger partial charge in [-0.2, -0.15) is 0 Å². The fourth-order valence-corrected chi connectivity index (χ4v) is 3.22. The van der Waals surface area contributed by atoms with Crippen LogP contribution in [0.2, 0.25) is 0 Å². The van der Waals surface area contributed by atoms with Crippen molar-refractivity contribution in [3.05, 3.63) is 65.4 Å². The van der Waals surface area contributed by atoms with Crippen LogP contribution in [0.5, 0.6) is 5.75 Å². The van der Waals surface area contributed by atoms with Crippen molar-refractivity contribution >= 4 is 16.8 Å². The summed E-state index contributed by atoms with van der Waals surface area (Å²) in [6.45, 7) is 3.30. The highest BCUT2D eigenvalue weighted by Crippen LogP contribution is 2.26. The number of aromatic amines is 1. The van der Waals surface area contributed by atoms with E-state index in [-0.39, 0.29) is 5.91 Å². The molecule has 122 valence electrons.